The summed E-state index contributed by atoms with van der Waals surface area (Å²) < 4.78 is 4.68. The van der Waals surface area contributed by atoms with Gasteiger partial charge in [0.1, 0.15) is 12.4 Å². The van der Waals surface area contributed by atoms with Crippen LogP contribution in [-0.4, -0.2) is 84.5 Å². The van der Waals surface area contributed by atoms with E-state index in [2.05, 4.69) is 27.2 Å². The highest BCUT2D eigenvalue weighted by Crippen LogP contribution is 2.31. The van der Waals surface area contributed by atoms with Crippen LogP contribution in [0.15, 0.2) is 5.16 Å². The number of carbonyl (C=O) groups excluding carboxylic acids is 5. The van der Waals surface area contributed by atoms with Crippen molar-refractivity contribution in [2.75, 3.05) is 19.8 Å². The molecule has 0 heterocycles. The van der Waals surface area contributed by atoms with Crippen LogP contribution in [0.1, 0.15) is 141 Å². The van der Waals surface area contributed by atoms with Crippen molar-refractivity contribution in [1.82, 2.24) is 10.6 Å². The monoisotopic (exact) mass is 723 g/mol. The van der Waals surface area contributed by atoms with E-state index in [-0.39, 0.29) is 67.8 Å². The Morgan fingerprint density at radius 2 is 1.35 bits per heavy atom. The Kier molecular flexibility index (Phi) is 25.5. The van der Waals surface area contributed by atoms with Crippen molar-refractivity contribution < 1.29 is 53.3 Å². The number of carboxylic acids is 2. The summed E-state index contributed by atoms with van der Waals surface area (Å²) in [5.74, 6) is -4.24. The van der Waals surface area contributed by atoms with Gasteiger partial charge in [-0.2, -0.15) is 0 Å². The fourth-order valence-corrected chi connectivity index (χ4v) is 6.37. The van der Waals surface area contributed by atoms with Crippen LogP contribution >= 0.6 is 0 Å². The number of ether oxygens (including phenoxy) is 1. The van der Waals surface area contributed by atoms with E-state index in [4.69, 9.17) is 9.94 Å². The molecule has 0 aromatic carbocycles. The van der Waals surface area contributed by atoms with Crippen LogP contribution in [0, 0.1) is 17.8 Å². The van der Waals surface area contributed by atoms with Gasteiger partial charge < -0.3 is 30.4 Å². The van der Waals surface area contributed by atoms with Crippen molar-refractivity contribution in [3.05, 3.63) is 0 Å². The average molecular weight is 724 g/mol. The van der Waals surface area contributed by atoms with Gasteiger partial charge in [0, 0.05) is 51.3 Å². The second-order valence-corrected chi connectivity index (χ2v) is 13.6. The molecule has 4 N–H and O–H groups in total. The second kappa shape index (κ2) is 28.8. The van der Waals surface area contributed by atoms with Gasteiger partial charge in [-0.05, 0) is 76.5 Å². The van der Waals surface area contributed by atoms with E-state index in [0.29, 0.717) is 64.8 Å². The van der Waals surface area contributed by atoms with E-state index in [1.807, 2.05) is 0 Å². The third kappa shape index (κ3) is 23.3. The fourth-order valence-electron chi connectivity index (χ4n) is 6.37. The highest BCUT2D eigenvalue weighted by molar-refractivity contribution is 5.90. The molecular weight excluding hydrogens is 662 g/mol. The van der Waals surface area contributed by atoms with E-state index in [0.717, 1.165) is 64.2 Å². The SMILES string of the molecule is C=NOCCCCCC(=O)[C@H](CCC(=O)O)NC(=O)CC[C@@H](CC(=O)C1CCC(CNC(=O)CCCCCCCCCCOC=O)CC1)C(=O)O. The lowest BCUT2D eigenvalue weighted by Gasteiger charge is -2.28. The molecule has 0 aliphatic heterocycles. The van der Waals surface area contributed by atoms with Gasteiger partial charge in [0.25, 0.3) is 6.47 Å². The summed E-state index contributed by atoms with van der Waals surface area (Å²) in [6.45, 7) is 5.12. The van der Waals surface area contributed by atoms with Gasteiger partial charge in [0.15, 0.2) is 5.78 Å². The fraction of sp³-hybridized carbons (Fsp3) is 0.784. The Bertz CT molecular complexity index is 1080. The molecule has 0 aromatic rings. The number of carbonyl (C=O) groups is 7. The van der Waals surface area contributed by atoms with Gasteiger partial charge in [-0.3, -0.25) is 33.6 Å². The number of oxime groups is 1. The number of nitrogens with one attached hydrogen (secondary N) is 2. The molecule has 1 aliphatic rings. The molecule has 0 unspecified atom stereocenters. The van der Waals surface area contributed by atoms with E-state index in [1.54, 1.807) is 0 Å². The highest BCUT2D eigenvalue weighted by Gasteiger charge is 2.31. The van der Waals surface area contributed by atoms with Crippen molar-refractivity contribution in [2.24, 2.45) is 22.9 Å². The lowest BCUT2D eigenvalue weighted by molar-refractivity contribution is -0.145. The van der Waals surface area contributed by atoms with Crippen LogP contribution in [0.2, 0.25) is 0 Å². The Hall–Kier alpha value is -3.84. The molecule has 0 spiro atoms. The third-order valence-corrected chi connectivity index (χ3v) is 9.51. The quantitative estimate of drug-likeness (QED) is 0.0301. The summed E-state index contributed by atoms with van der Waals surface area (Å²) in [7, 11) is 0. The molecular formula is C37H61N3O11. The third-order valence-electron chi connectivity index (χ3n) is 9.51. The summed E-state index contributed by atoms with van der Waals surface area (Å²) in [5.41, 5.74) is 0. The van der Waals surface area contributed by atoms with Gasteiger partial charge in [-0.25, -0.2) is 0 Å². The van der Waals surface area contributed by atoms with Crippen molar-refractivity contribution in [3.8, 4) is 0 Å². The lowest BCUT2D eigenvalue weighted by atomic mass is 9.78. The van der Waals surface area contributed by atoms with E-state index in [9.17, 15) is 38.7 Å². The minimum absolute atomic E-state index is 0.0395. The number of carboxylic acid groups (broad SMARTS) is 2. The number of hydrogen-bond acceptors (Lipinski definition) is 10. The summed E-state index contributed by atoms with van der Waals surface area (Å²) in [6, 6.07) is -0.988. The number of hydrogen-bond donors (Lipinski definition) is 4. The molecule has 290 valence electrons. The van der Waals surface area contributed by atoms with E-state index >= 15 is 0 Å². The van der Waals surface area contributed by atoms with Crippen LogP contribution in [-0.2, 0) is 43.1 Å². The van der Waals surface area contributed by atoms with Crippen LogP contribution in [0.5, 0.6) is 0 Å². The first-order valence-corrected chi connectivity index (χ1v) is 18.8. The Morgan fingerprint density at radius 1 is 0.745 bits per heavy atom. The van der Waals surface area contributed by atoms with Gasteiger partial charge >= 0.3 is 11.9 Å². The van der Waals surface area contributed by atoms with Crippen LogP contribution in [0.25, 0.3) is 0 Å². The van der Waals surface area contributed by atoms with Gasteiger partial charge in [0.2, 0.25) is 11.8 Å². The lowest BCUT2D eigenvalue weighted by Crippen LogP contribution is -2.41. The van der Waals surface area contributed by atoms with Crippen LogP contribution in [0.4, 0.5) is 0 Å². The number of Topliss-reactive ketones (excluding diaryl/α,β-unsaturated/α-hetero) is 2. The number of aliphatic carboxylic acids is 2. The maximum atomic E-state index is 13.0. The van der Waals surface area contributed by atoms with E-state index in [1.165, 1.54) is 0 Å². The van der Waals surface area contributed by atoms with Crippen LogP contribution in [0.3, 0.4) is 0 Å². The minimum Gasteiger partial charge on any atom is -0.481 e. The molecule has 1 rings (SSSR count). The van der Waals surface area contributed by atoms with Gasteiger partial charge in [0.05, 0.1) is 18.6 Å². The number of rotatable bonds is 33. The number of amides is 2. The van der Waals surface area contributed by atoms with Crippen molar-refractivity contribution >= 4 is 48.5 Å². The summed E-state index contributed by atoms with van der Waals surface area (Å²) in [5, 5.41) is 27.7. The highest BCUT2D eigenvalue weighted by atomic mass is 16.6. The molecule has 2 atom stereocenters. The molecule has 0 radical (unpaired) electrons. The van der Waals surface area contributed by atoms with Gasteiger partial charge in [-0.1, -0.05) is 38.5 Å². The summed E-state index contributed by atoms with van der Waals surface area (Å²) in [6.07, 6.45) is 12.8. The van der Waals surface area contributed by atoms with Crippen LogP contribution < -0.4 is 10.6 Å². The maximum absolute atomic E-state index is 13.0. The number of unbranched alkanes of at least 4 members (excludes halogenated alkanes) is 9. The maximum Gasteiger partial charge on any atom is 0.306 e. The first kappa shape index (κ1) is 45.2. The zero-order valence-electron chi connectivity index (χ0n) is 30.3. The zero-order valence-corrected chi connectivity index (χ0v) is 30.3. The predicted octanol–water partition coefficient (Wildman–Crippen LogP) is 5.14. The summed E-state index contributed by atoms with van der Waals surface area (Å²) >= 11 is 0. The number of nitrogens with zero attached hydrogens (tertiary/aromatic N) is 1. The van der Waals surface area contributed by atoms with E-state index < -0.39 is 29.8 Å². The average Bonchev–Trinajstić information content (AvgIpc) is 3.11. The van der Waals surface area contributed by atoms with Crippen molar-refractivity contribution in [1.29, 1.82) is 0 Å². The molecule has 0 bridgehead atoms. The number of ketones is 2. The molecule has 1 saturated carbocycles. The second-order valence-electron chi connectivity index (χ2n) is 13.6. The molecule has 1 fully saturated rings. The molecule has 2 amide bonds. The molecule has 14 nitrogen and oxygen atoms in total. The Labute approximate surface area is 302 Å². The largest absolute Gasteiger partial charge is 0.481 e. The molecule has 1 aliphatic carbocycles. The standard InChI is InChI=1S/C37H61N3O11/c1-38-51-24-12-8-9-13-32(42)31(20-22-36(46)47)40-35(45)21-19-30(37(48)49)25-33(43)29-17-15-28(16-18-29)26-39-34(44)14-10-6-4-2-3-5-7-11-23-50-27-41/h27-31H,1-26H2,(H,39,44)(H,40,45)(H,46,47)(H,48,49)/t28?,29?,30-,31-/m0/s1. The minimum atomic E-state index is -1.17. The smallest absolute Gasteiger partial charge is 0.306 e. The predicted molar refractivity (Wildman–Crippen MR) is 190 cm³/mol. The zero-order chi connectivity index (χ0) is 37.7. The first-order chi connectivity index (χ1) is 24.6. The first-order valence-electron chi connectivity index (χ1n) is 18.8. The van der Waals surface area contributed by atoms with Crippen molar-refractivity contribution in [2.45, 2.75) is 147 Å². The van der Waals surface area contributed by atoms with Gasteiger partial charge in [-0.15, -0.1) is 5.16 Å². The Balaban J connectivity index is 2.35. The Morgan fingerprint density at radius 3 is 1.98 bits per heavy atom. The topological polar surface area (TPSA) is 215 Å². The normalized spacial score (nSPS) is 16.6. The summed E-state index contributed by atoms with van der Waals surface area (Å²) in [4.78, 5) is 88.8. The molecule has 14 heteroatoms. The molecule has 51 heavy (non-hydrogen) atoms. The van der Waals surface area contributed by atoms with Crippen molar-refractivity contribution in [3.63, 3.8) is 0 Å². The molecule has 0 aromatic heterocycles. The molecule has 0 saturated heterocycles.